The fourth-order valence-corrected chi connectivity index (χ4v) is 2.72. The minimum atomic E-state index is -1.02. The van der Waals surface area contributed by atoms with E-state index in [1.54, 1.807) is 6.07 Å². The number of carbonyl (C=O) groups excluding carboxylic acids is 1. The predicted octanol–water partition coefficient (Wildman–Crippen LogP) is 2.26. The van der Waals surface area contributed by atoms with Gasteiger partial charge < -0.3 is 5.11 Å². The molecule has 0 aliphatic heterocycles. The first kappa shape index (κ1) is 13.4. The van der Waals surface area contributed by atoms with E-state index >= 15 is 0 Å². The van der Waals surface area contributed by atoms with Crippen molar-refractivity contribution in [2.45, 2.75) is 6.92 Å². The molecule has 0 spiro atoms. The van der Waals surface area contributed by atoms with Crippen molar-refractivity contribution in [3.8, 4) is 0 Å². The molecule has 19 heavy (non-hydrogen) atoms. The number of anilines is 1. The Morgan fingerprint density at radius 1 is 1.47 bits per heavy atom. The predicted molar refractivity (Wildman–Crippen MR) is 73.6 cm³/mol. The van der Waals surface area contributed by atoms with Gasteiger partial charge in [0.15, 0.2) is 0 Å². The third-order valence-electron chi connectivity index (χ3n) is 2.14. The van der Waals surface area contributed by atoms with Gasteiger partial charge in [0.25, 0.3) is 5.91 Å². The zero-order valence-corrected chi connectivity index (χ0v) is 11.4. The summed E-state index contributed by atoms with van der Waals surface area (Å²) in [5.74, 6) is -1.30. The topological polar surface area (TPSA) is 92.2 Å². The van der Waals surface area contributed by atoms with Crippen LogP contribution in [0.5, 0.6) is 0 Å². The van der Waals surface area contributed by atoms with Gasteiger partial charge in [0, 0.05) is 11.0 Å². The highest BCUT2D eigenvalue weighted by Gasteiger charge is 2.12. The molecule has 0 radical (unpaired) electrons. The molecular formula is C11H9N3O3S2. The number of rotatable bonds is 4. The number of amides is 1. The van der Waals surface area contributed by atoms with Crippen molar-refractivity contribution < 1.29 is 14.7 Å². The van der Waals surface area contributed by atoms with Crippen LogP contribution in [0.15, 0.2) is 17.7 Å². The Morgan fingerprint density at radius 3 is 2.89 bits per heavy atom. The van der Waals surface area contributed by atoms with E-state index in [-0.39, 0.29) is 5.91 Å². The van der Waals surface area contributed by atoms with Crippen LogP contribution >= 0.6 is 22.7 Å². The Balaban J connectivity index is 2.15. The molecular weight excluding hydrogens is 286 g/mol. The van der Waals surface area contributed by atoms with E-state index in [9.17, 15) is 9.59 Å². The SMILES string of the molecule is Cc1cc(C(=O)Nc2nncs2)sc1C=CC(=O)O. The smallest absolute Gasteiger partial charge is 0.328 e. The molecule has 2 N–H and O–H groups in total. The summed E-state index contributed by atoms with van der Waals surface area (Å²) in [7, 11) is 0. The highest BCUT2D eigenvalue weighted by molar-refractivity contribution is 7.15. The van der Waals surface area contributed by atoms with Crippen LogP contribution in [0.3, 0.4) is 0 Å². The number of aromatic nitrogens is 2. The number of carbonyl (C=O) groups is 2. The lowest BCUT2D eigenvalue weighted by Gasteiger charge is -1.96. The summed E-state index contributed by atoms with van der Waals surface area (Å²) in [6.45, 7) is 1.82. The van der Waals surface area contributed by atoms with E-state index < -0.39 is 5.97 Å². The second kappa shape index (κ2) is 5.72. The molecule has 0 fully saturated rings. The molecule has 2 rings (SSSR count). The molecule has 2 heterocycles. The summed E-state index contributed by atoms with van der Waals surface area (Å²) in [6, 6.07) is 1.71. The molecule has 0 bridgehead atoms. The number of thiophene rings is 1. The maximum atomic E-state index is 11.9. The van der Waals surface area contributed by atoms with Gasteiger partial charge in [-0.2, -0.15) is 0 Å². The summed E-state index contributed by atoms with van der Waals surface area (Å²) in [4.78, 5) is 23.6. The monoisotopic (exact) mass is 295 g/mol. The number of hydrogen-bond donors (Lipinski definition) is 2. The average Bonchev–Trinajstić information content (AvgIpc) is 2.96. The quantitative estimate of drug-likeness (QED) is 0.844. The number of hydrogen-bond acceptors (Lipinski definition) is 6. The Morgan fingerprint density at radius 2 is 2.26 bits per heavy atom. The van der Waals surface area contributed by atoms with Crippen LogP contribution in [0.25, 0.3) is 6.08 Å². The maximum absolute atomic E-state index is 11.9. The van der Waals surface area contributed by atoms with Crippen molar-refractivity contribution in [1.29, 1.82) is 0 Å². The Hall–Kier alpha value is -2.06. The summed E-state index contributed by atoms with van der Waals surface area (Å²) < 4.78 is 0. The lowest BCUT2D eigenvalue weighted by Crippen LogP contribution is -2.09. The first-order valence-corrected chi connectivity index (χ1v) is 6.85. The van der Waals surface area contributed by atoms with Crippen LogP contribution < -0.4 is 5.32 Å². The lowest BCUT2D eigenvalue weighted by atomic mass is 10.2. The normalized spacial score (nSPS) is 10.8. The second-order valence-electron chi connectivity index (χ2n) is 3.53. The van der Waals surface area contributed by atoms with Crippen molar-refractivity contribution in [2.75, 3.05) is 5.32 Å². The minimum Gasteiger partial charge on any atom is -0.478 e. The van der Waals surface area contributed by atoms with Gasteiger partial charge in [-0.1, -0.05) is 11.3 Å². The fourth-order valence-electron chi connectivity index (χ4n) is 1.31. The van der Waals surface area contributed by atoms with Crippen LogP contribution in [-0.4, -0.2) is 27.2 Å². The van der Waals surface area contributed by atoms with Gasteiger partial charge in [0.2, 0.25) is 5.13 Å². The third kappa shape index (κ3) is 3.46. The first-order chi connectivity index (χ1) is 9.06. The number of aliphatic carboxylic acids is 1. The van der Waals surface area contributed by atoms with Crippen molar-refractivity contribution in [3.05, 3.63) is 33.0 Å². The number of nitrogens with one attached hydrogen (secondary N) is 1. The van der Waals surface area contributed by atoms with E-state index in [4.69, 9.17) is 5.11 Å². The Bertz CT molecular complexity index is 632. The minimum absolute atomic E-state index is 0.278. The summed E-state index contributed by atoms with van der Waals surface area (Å²) in [5, 5.41) is 19.0. The molecule has 6 nitrogen and oxygen atoms in total. The molecule has 8 heteroatoms. The number of carboxylic acids is 1. The van der Waals surface area contributed by atoms with Crippen LogP contribution in [-0.2, 0) is 4.79 Å². The van der Waals surface area contributed by atoms with Crippen molar-refractivity contribution in [3.63, 3.8) is 0 Å². The molecule has 2 aromatic rings. The standard InChI is InChI=1S/C11H9N3O3S2/c1-6-4-8(19-7(6)2-3-9(15)16)10(17)13-11-14-12-5-18-11/h2-5H,1H3,(H,15,16)(H,13,14,17). The van der Waals surface area contributed by atoms with Gasteiger partial charge in [0.1, 0.15) is 5.51 Å². The van der Waals surface area contributed by atoms with Crippen LogP contribution in [0.1, 0.15) is 20.1 Å². The molecule has 0 aliphatic rings. The van der Waals surface area contributed by atoms with E-state index in [2.05, 4.69) is 15.5 Å². The number of aryl methyl sites for hydroxylation is 1. The first-order valence-electron chi connectivity index (χ1n) is 5.15. The van der Waals surface area contributed by atoms with E-state index in [1.165, 1.54) is 34.3 Å². The molecule has 0 saturated heterocycles. The molecule has 0 aliphatic carbocycles. The van der Waals surface area contributed by atoms with Gasteiger partial charge in [-0.15, -0.1) is 21.5 Å². The van der Waals surface area contributed by atoms with Crippen molar-refractivity contribution in [2.24, 2.45) is 0 Å². The van der Waals surface area contributed by atoms with Crippen LogP contribution in [0, 0.1) is 6.92 Å². The molecule has 0 aromatic carbocycles. The molecule has 0 saturated carbocycles. The van der Waals surface area contributed by atoms with Crippen molar-refractivity contribution >= 4 is 45.8 Å². The van der Waals surface area contributed by atoms with Gasteiger partial charge in [-0.05, 0) is 24.6 Å². The average molecular weight is 295 g/mol. The molecule has 98 valence electrons. The van der Waals surface area contributed by atoms with Gasteiger partial charge in [0.05, 0.1) is 4.88 Å². The third-order valence-corrected chi connectivity index (χ3v) is 3.95. The van der Waals surface area contributed by atoms with Crippen LogP contribution in [0.4, 0.5) is 5.13 Å². The molecule has 2 aromatic heterocycles. The Labute approximate surface area is 116 Å². The molecule has 1 amide bonds. The van der Waals surface area contributed by atoms with Gasteiger partial charge >= 0.3 is 5.97 Å². The number of nitrogens with zero attached hydrogens (tertiary/aromatic N) is 2. The zero-order valence-electron chi connectivity index (χ0n) is 9.78. The summed E-state index contributed by atoms with van der Waals surface area (Å²) >= 11 is 2.46. The van der Waals surface area contributed by atoms with E-state index in [0.29, 0.717) is 10.0 Å². The van der Waals surface area contributed by atoms with Gasteiger partial charge in [-0.3, -0.25) is 10.1 Å². The highest BCUT2D eigenvalue weighted by Crippen LogP contribution is 2.24. The van der Waals surface area contributed by atoms with Crippen LogP contribution in [0.2, 0.25) is 0 Å². The van der Waals surface area contributed by atoms with Gasteiger partial charge in [-0.25, -0.2) is 4.79 Å². The fraction of sp³-hybridized carbons (Fsp3) is 0.0909. The maximum Gasteiger partial charge on any atom is 0.328 e. The molecule has 0 unspecified atom stereocenters. The summed E-state index contributed by atoms with van der Waals surface area (Å²) in [5.41, 5.74) is 2.38. The lowest BCUT2D eigenvalue weighted by molar-refractivity contribution is -0.131. The highest BCUT2D eigenvalue weighted by atomic mass is 32.1. The van der Waals surface area contributed by atoms with E-state index in [0.717, 1.165) is 16.5 Å². The second-order valence-corrected chi connectivity index (χ2v) is 5.44. The summed E-state index contributed by atoms with van der Waals surface area (Å²) in [6.07, 6.45) is 2.52. The number of carboxylic acid groups (broad SMARTS) is 1. The zero-order chi connectivity index (χ0) is 13.8. The molecule has 0 atom stereocenters. The van der Waals surface area contributed by atoms with Crippen molar-refractivity contribution in [1.82, 2.24) is 10.2 Å². The Kier molecular flexibility index (Phi) is 4.03. The van der Waals surface area contributed by atoms with E-state index in [1.807, 2.05) is 6.92 Å². The largest absolute Gasteiger partial charge is 0.478 e.